The van der Waals surface area contributed by atoms with E-state index in [2.05, 4.69) is 15.1 Å². The van der Waals surface area contributed by atoms with Crippen molar-refractivity contribution in [1.82, 2.24) is 19.7 Å². The van der Waals surface area contributed by atoms with Crippen LogP contribution in [0, 0.1) is 0 Å². The summed E-state index contributed by atoms with van der Waals surface area (Å²) in [7, 11) is 1.28. The SMILES string of the molecule is COC(=O)c1cn(-c2ccc([C@@H](O)CN3CCOCC3)cc2)cc2c(=O)[nH]nc1-2. The van der Waals surface area contributed by atoms with E-state index >= 15 is 0 Å². The van der Waals surface area contributed by atoms with Gasteiger partial charge in [0.05, 0.1) is 32.0 Å². The number of aliphatic hydroxyl groups excluding tert-OH is 1. The number of nitrogens with zero attached hydrogens (tertiary/aromatic N) is 3. The molecule has 4 rings (SSSR count). The lowest BCUT2D eigenvalue weighted by molar-refractivity contribution is 0.0143. The molecule has 0 aromatic heterocycles. The van der Waals surface area contributed by atoms with Crippen molar-refractivity contribution in [2.75, 3.05) is 40.0 Å². The van der Waals surface area contributed by atoms with E-state index in [1.54, 1.807) is 17.0 Å². The molecule has 1 aromatic carbocycles. The quantitative estimate of drug-likeness (QED) is 0.612. The molecule has 3 aliphatic rings. The molecule has 1 aromatic rings. The summed E-state index contributed by atoms with van der Waals surface area (Å²) < 4.78 is 11.8. The number of benzene rings is 1. The first-order chi connectivity index (χ1) is 14.1. The minimum atomic E-state index is -0.609. The van der Waals surface area contributed by atoms with E-state index in [0.29, 0.717) is 25.3 Å². The molecule has 29 heavy (non-hydrogen) atoms. The molecule has 0 saturated carbocycles. The molecule has 1 fully saturated rings. The molecule has 9 nitrogen and oxygen atoms in total. The van der Waals surface area contributed by atoms with Gasteiger partial charge < -0.3 is 19.1 Å². The molecule has 0 spiro atoms. The van der Waals surface area contributed by atoms with E-state index < -0.39 is 12.1 Å². The third-order valence-electron chi connectivity index (χ3n) is 5.08. The number of pyridine rings is 1. The molecular weight excluding hydrogens is 376 g/mol. The lowest BCUT2D eigenvalue weighted by Gasteiger charge is -2.28. The van der Waals surface area contributed by atoms with Crippen molar-refractivity contribution in [3.63, 3.8) is 0 Å². The van der Waals surface area contributed by atoms with Crippen molar-refractivity contribution in [2.24, 2.45) is 0 Å². The Bertz CT molecular complexity index is 1020. The average molecular weight is 398 g/mol. The third kappa shape index (κ3) is 3.93. The lowest BCUT2D eigenvalue weighted by atomic mass is 10.1. The zero-order valence-corrected chi connectivity index (χ0v) is 16.0. The van der Waals surface area contributed by atoms with Crippen LogP contribution in [0.5, 0.6) is 0 Å². The summed E-state index contributed by atoms with van der Waals surface area (Å²) in [6, 6.07) is 7.33. The largest absolute Gasteiger partial charge is 0.465 e. The predicted molar refractivity (Wildman–Crippen MR) is 104 cm³/mol. The van der Waals surface area contributed by atoms with Crippen molar-refractivity contribution < 1.29 is 19.4 Å². The summed E-state index contributed by atoms with van der Waals surface area (Å²) in [6.45, 7) is 3.53. The van der Waals surface area contributed by atoms with Crippen molar-refractivity contribution in [3.05, 3.63) is 58.1 Å². The molecule has 2 N–H and O–H groups in total. The van der Waals surface area contributed by atoms with Gasteiger partial charge in [0.15, 0.2) is 0 Å². The van der Waals surface area contributed by atoms with Crippen LogP contribution in [0.3, 0.4) is 0 Å². The van der Waals surface area contributed by atoms with Crippen LogP contribution in [0.1, 0.15) is 22.0 Å². The van der Waals surface area contributed by atoms with Gasteiger partial charge in [-0.15, -0.1) is 0 Å². The van der Waals surface area contributed by atoms with Crippen molar-refractivity contribution in [2.45, 2.75) is 6.10 Å². The van der Waals surface area contributed by atoms with E-state index in [1.165, 1.54) is 7.11 Å². The minimum Gasteiger partial charge on any atom is -0.465 e. The number of esters is 1. The van der Waals surface area contributed by atoms with Crippen molar-refractivity contribution in [1.29, 1.82) is 0 Å². The highest BCUT2D eigenvalue weighted by molar-refractivity contribution is 5.96. The molecule has 1 saturated heterocycles. The average Bonchev–Trinajstić information content (AvgIpc) is 3.14. The van der Waals surface area contributed by atoms with E-state index in [9.17, 15) is 14.7 Å². The van der Waals surface area contributed by atoms with Crippen LogP contribution in [-0.2, 0) is 9.47 Å². The van der Waals surface area contributed by atoms with Gasteiger partial charge in [-0.25, -0.2) is 9.89 Å². The van der Waals surface area contributed by atoms with Gasteiger partial charge in [-0.1, -0.05) is 12.1 Å². The number of aliphatic hydroxyl groups is 1. The van der Waals surface area contributed by atoms with Crippen LogP contribution in [0.2, 0.25) is 0 Å². The summed E-state index contributed by atoms with van der Waals surface area (Å²) in [5, 5.41) is 16.8. The number of fused-ring (bicyclic) bond motifs is 1. The van der Waals surface area contributed by atoms with Gasteiger partial charge in [-0.05, 0) is 17.7 Å². The number of hydrogen-bond acceptors (Lipinski definition) is 7. The second-order valence-electron chi connectivity index (χ2n) is 6.91. The molecule has 3 heterocycles. The van der Waals surface area contributed by atoms with E-state index in [0.717, 1.165) is 24.3 Å². The summed E-state index contributed by atoms with van der Waals surface area (Å²) in [6.07, 6.45) is 2.59. The Morgan fingerprint density at radius 1 is 1.28 bits per heavy atom. The monoisotopic (exact) mass is 398 g/mol. The minimum absolute atomic E-state index is 0.194. The summed E-state index contributed by atoms with van der Waals surface area (Å²) >= 11 is 0. The number of H-pyrrole nitrogens is 1. The first kappa shape index (κ1) is 19.3. The standard InChI is InChI=1S/C20H22N4O5/c1-28-20(27)16-11-24(10-15-18(16)21-22-19(15)26)14-4-2-13(3-5-14)17(25)12-23-6-8-29-9-7-23/h2-5,10-11,17,25H,6-9,12H2,1H3,(H,22,26)/t17-/m0/s1. The number of aromatic amines is 1. The molecule has 0 amide bonds. The Labute approximate surface area is 166 Å². The van der Waals surface area contributed by atoms with Gasteiger partial charge in [0.25, 0.3) is 5.56 Å². The van der Waals surface area contributed by atoms with Crippen LogP contribution in [0.25, 0.3) is 16.9 Å². The lowest BCUT2D eigenvalue weighted by Crippen LogP contribution is -2.38. The maximum Gasteiger partial charge on any atom is 0.341 e. The Balaban J connectivity index is 1.61. The fourth-order valence-electron chi connectivity index (χ4n) is 3.45. The topological polar surface area (TPSA) is 110 Å². The van der Waals surface area contributed by atoms with Crippen LogP contribution in [-0.4, -0.2) is 70.7 Å². The highest BCUT2D eigenvalue weighted by atomic mass is 16.5. The highest BCUT2D eigenvalue weighted by Gasteiger charge is 2.22. The first-order valence-electron chi connectivity index (χ1n) is 9.34. The summed E-state index contributed by atoms with van der Waals surface area (Å²) in [5.74, 6) is -0.576. The molecule has 0 radical (unpaired) electrons. The van der Waals surface area contributed by atoms with Gasteiger partial charge in [0, 0.05) is 37.7 Å². The van der Waals surface area contributed by atoms with Crippen molar-refractivity contribution in [3.8, 4) is 16.9 Å². The van der Waals surface area contributed by atoms with Gasteiger partial charge >= 0.3 is 5.97 Å². The van der Waals surface area contributed by atoms with Gasteiger partial charge in [-0.2, -0.15) is 5.10 Å². The van der Waals surface area contributed by atoms with E-state index in [-0.39, 0.29) is 16.8 Å². The number of ether oxygens (including phenoxy) is 2. The van der Waals surface area contributed by atoms with Crippen molar-refractivity contribution >= 4 is 5.97 Å². The second-order valence-corrected chi connectivity index (χ2v) is 6.91. The number of morpholine rings is 1. The Morgan fingerprint density at radius 2 is 2.00 bits per heavy atom. The van der Waals surface area contributed by atoms with Gasteiger partial charge in [0.2, 0.25) is 0 Å². The number of rotatable bonds is 5. The molecule has 0 aliphatic carbocycles. The predicted octanol–water partition coefficient (Wildman–Crippen LogP) is 0.818. The fourth-order valence-corrected chi connectivity index (χ4v) is 3.45. The highest BCUT2D eigenvalue weighted by Crippen LogP contribution is 2.24. The maximum absolute atomic E-state index is 12.1. The number of hydrogen-bond donors (Lipinski definition) is 2. The fraction of sp³-hybridized carbons (Fsp3) is 0.350. The number of aromatic nitrogens is 3. The first-order valence-corrected chi connectivity index (χ1v) is 9.34. The Kier molecular flexibility index (Phi) is 5.43. The smallest absolute Gasteiger partial charge is 0.341 e. The number of carbonyl (C=O) groups excluding carboxylic acids is 1. The molecule has 0 bridgehead atoms. The summed E-state index contributed by atoms with van der Waals surface area (Å²) in [5.41, 5.74) is 1.92. The molecule has 152 valence electrons. The number of carbonyl (C=O) groups is 1. The number of nitrogens with one attached hydrogen (secondary N) is 1. The van der Waals surface area contributed by atoms with Gasteiger partial charge in [-0.3, -0.25) is 9.69 Å². The summed E-state index contributed by atoms with van der Waals surface area (Å²) in [4.78, 5) is 26.3. The normalized spacial score (nSPS) is 16.1. The zero-order chi connectivity index (χ0) is 20.4. The molecule has 1 atom stereocenters. The maximum atomic E-state index is 12.1. The van der Waals surface area contributed by atoms with E-state index in [4.69, 9.17) is 9.47 Å². The molecule has 9 heteroatoms. The molecule has 0 unspecified atom stereocenters. The van der Waals surface area contributed by atoms with E-state index in [1.807, 2.05) is 24.3 Å². The van der Waals surface area contributed by atoms with Crippen LogP contribution < -0.4 is 5.56 Å². The van der Waals surface area contributed by atoms with Crippen LogP contribution >= 0.6 is 0 Å². The Morgan fingerprint density at radius 3 is 2.69 bits per heavy atom. The van der Waals surface area contributed by atoms with Gasteiger partial charge in [0.1, 0.15) is 11.3 Å². The number of β-amino-alcohol motifs (C(OH)–C–C–N with tert-alkyl or cyclic N) is 1. The Hall–Kier alpha value is -3.01. The zero-order valence-electron chi connectivity index (χ0n) is 16.0. The van der Waals surface area contributed by atoms with Crippen LogP contribution in [0.15, 0.2) is 41.5 Å². The third-order valence-corrected chi connectivity index (χ3v) is 5.08. The molecule has 3 aliphatic heterocycles. The second kappa shape index (κ2) is 8.16. The van der Waals surface area contributed by atoms with Crippen LogP contribution in [0.4, 0.5) is 0 Å². The molecular formula is C20H22N4O5. The number of methoxy groups -OCH3 is 1.